The summed E-state index contributed by atoms with van der Waals surface area (Å²) in [6, 6.07) is 9.56. The van der Waals surface area contributed by atoms with Crippen molar-refractivity contribution in [3.05, 3.63) is 41.0 Å². The zero-order valence-corrected chi connectivity index (χ0v) is 8.49. The lowest BCUT2D eigenvalue weighted by Gasteiger charge is -2.07. The van der Waals surface area contributed by atoms with E-state index in [1.165, 1.54) is 0 Å². The van der Waals surface area contributed by atoms with E-state index in [0.717, 1.165) is 10.9 Å². The van der Waals surface area contributed by atoms with Crippen LogP contribution in [0.15, 0.2) is 30.3 Å². The van der Waals surface area contributed by atoms with Crippen LogP contribution < -0.4 is 0 Å². The van der Waals surface area contributed by atoms with Crippen LogP contribution in [0.3, 0.4) is 0 Å². The van der Waals surface area contributed by atoms with E-state index in [-0.39, 0.29) is 0 Å². The molecule has 0 aliphatic heterocycles. The van der Waals surface area contributed by atoms with E-state index in [9.17, 15) is 5.11 Å². The molecule has 1 heterocycles. The van der Waals surface area contributed by atoms with Gasteiger partial charge in [0.2, 0.25) is 0 Å². The van der Waals surface area contributed by atoms with E-state index in [2.05, 4.69) is 4.98 Å². The molecule has 2 aromatic rings. The highest BCUT2D eigenvalue weighted by Crippen LogP contribution is 2.25. The number of para-hydroxylation sites is 1. The Labute approximate surface area is 87.2 Å². The Hall–Kier alpha value is -1.12. The minimum atomic E-state index is -0.584. The van der Waals surface area contributed by atoms with Crippen molar-refractivity contribution >= 4 is 22.5 Å². The summed E-state index contributed by atoms with van der Waals surface area (Å²) >= 11 is 5.93. The molecule has 3 heteroatoms. The van der Waals surface area contributed by atoms with Crippen molar-refractivity contribution in [2.24, 2.45) is 0 Å². The maximum Gasteiger partial charge on any atom is 0.135 e. The number of benzene rings is 1. The molecule has 0 saturated carbocycles. The Morgan fingerprint density at radius 2 is 2.07 bits per heavy atom. The molecule has 0 aliphatic rings. The van der Waals surface area contributed by atoms with Crippen LogP contribution in [-0.4, -0.2) is 10.1 Å². The summed E-state index contributed by atoms with van der Waals surface area (Å²) in [5, 5.41) is 10.8. The predicted octanol–water partition coefficient (Wildman–Crippen LogP) is 2.94. The van der Waals surface area contributed by atoms with Crippen molar-refractivity contribution < 1.29 is 5.11 Å². The summed E-state index contributed by atoms with van der Waals surface area (Å²) in [5.74, 6) is 0. The van der Waals surface area contributed by atoms with Gasteiger partial charge in [0.25, 0.3) is 0 Å². The second kappa shape index (κ2) is 3.56. The fraction of sp³-hybridized carbons (Fsp3) is 0.182. The topological polar surface area (TPSA) is 33.1 Å². The molecule has 14 heavy (non-hydrogen) atoms. The smallest absolute Gasteiger partial charge is 0.135 e. The lowest BCUT2D eigenvalue weighted by atomic mass is 10.1. The van der Waals surface area contributed by atoms with E-state index in [1.54, 1.807) is 6.92 Å². The highest BCUT2D eigenvalue weighted by Gasteiger charge is 2.08. The van der Waals surface area contributed by atoms with Crippen molar-refractivity contribution in [2.45, 2.75) is 13.0 Å². The predicted molar refractivity (Wildman–Crippen MR) is 57.4 cm³/mol. The van der Waals surface area contributed by atoms with Crippen molar-refractivity contribution in [1.29, 1.82) is 0 Å². The number of rotatable bonds is 1. The second-order valence-corrected chi connectivity index (χ2v) is 3.60. The third-order valence-electron chi connectivity index (χ3n) is 2.15. The zero-order chi connectivity index (χ0) is 10.1. The minimum Gasteiger partial charge on any atom is -0.389 e. The molecule has 1 aromatic carbocycles. The van der Waals surface area contributed by atoms with E-state index in [0.29, 0.717) is 10.7 Å². The van der Waals surface area contributed by atoms with Gasteiger partial charge in [-0.1, -0.05) is 29.8 Å². The highest BCUT2D eigenvalue weighted by molar-refractivity contribution is 6.30. The summed E-state index contributed by atoms with van der Waals surface area (Å²) in [6.45, 7) is 1.68. The van der Waals surface area contributed by atoms with Crippen molar-refractivity contribution in [3.63, 3.8) is 0 Å². The quantitative estimate of drug-likeness (QED) is 0.730. The summed E-state index contributed by atoms with van der Waals surface area (Å²) in [6.07, 6.45) is -0.584. The first-order valence-electron chi connectivity index (χ1n) is 4.42. The average Bonchev–Trinajstić information content (AvgIpc) is 2.16. The largest absolute Gasteiger partial charge is 0.389 e. The fourth-order valence-electron chi connectivity index (χ4n) is 1.40. The Balaban J connectivity index is 2.71. The molecule has 0 saturated heterocycles. The van der Waals surface area contributed by atoms with Crippen LogP contribution in [0.1, 0.15) is 18.6 Å². The lowest BCUT2D eigenvalue weighted by Crippen LogP contribution is -1.94. The Bertz CT molecular complexity index is 468. The van der Waals surface area contributed by atoms with Crippen LogP contribution in [0.2, 0.25) is 5.15 Å². The van der Waals surface area contributed by atoms with Gasteiger partial charge in [-0.15, -0.1) is 0 Å². The molecule has 0 fully saturated rings. The molecule has 0 amide bonds. The molecular formula is C11H10ClNO. The molecule has 0 radical (unpaired) electrons. The number of aliphatic hydroxyl groups is 1. The Morgan fingerprint density at radius 1 is 1.36 bits per heavy atom. The molecule has 1 aromatic heterocycles. The van der Waals surface area contributed by atoms with Gasteiger partial charge in [0, 0.05) is 10.9 Å². The van der Waals surface area contributed by atoms with E-state index < -0.39 is 6.10 Å². The van der Waals surface area contributed by atoms with Gasteiger partial charge >= 0.3 is 0 Å². The van der Waals surface area contributed by atoms with Crippen molar-refractivity contribution in [3.8, 4) is 0 Å². The number of hydrogen-bond donors (Lipinski definition) is 1. The van der Waals surface area contributed by atoms with Crippen LogP contribution in [-0.2, 0) is 0 Å². The SMILES string of the molecule is CC(O)c1cc2ccccc2nc1Cl. The number of aliphatic hydroxyl groups excluding tert-OH is 1. The lowest BCUT2D eigenvalue weighted by molar-refractivity contribution is 0.199. The van der Waals surface area contributed by atoms with Gasteiger partial charge in [0.15, 0.2) is 0 Å². The summed E-state index contributed by atoms with van der Waals surface area (Å²) in [7, 11) is 0. The first kappa shape index (κ1) is 9.44. The van der Waals surface area contributed by atoms with Gasteiger partial charge in [0.05, 0.1) is 11.6 Å². The maximum absolute atomic E-state index is 9.44. The van der Waals surface area contributed by atoms with Gasteiger partial charge in [-0.05, 0) is 19.1 Å². The number of nitrogens with zero attached hydrogens (tertiary/aromatic N) is 1. The van der Waals surface area contributed by atoms with Gasteiger partial charge < -0.3 is 5.11 Å². The molecule has 1 atom stereocenters. The molecule has 1 unspecified atom stereocenters. The molecular weight excluding hydrogens is 198 g/mol. The Kier molecular flexibility index (Phi) is 2.40. The molecule has 72 valence electrons. The third kappa shape index (κ3) is 1.59. The molecule has 2 nitrogen and oxygen atoms in total. The number of halogens is 1. The third-order valence-corrected chi connectivity index (χ3v) is 2.46. The first-order chi connectivity index (χ1) is 6.68. The van der Waals surface area contributed by atoms with Gasteiger partial charge in [-0.25, -0.2) is 4.98 Å². The molecule has 2 rings (SSSR count). The second-order valence-electron chi connectivity index (χ2n) is 3.24. The van der Waals surface area contributed by atoms with E-state index in [4.69, 9.17) is 11.6 Å². The Morgan fingerprint density at radius 3 is 2.79 bits per heavy atom. The first-order valence-corrected chi connectivity index (χ1v) is 4.79. The van der Waals surface area contributed by atoms with Gasteiger partial charge in [-0.3, -0.25) is 0 Å². The maximum atomic E-state index is 9.44. The van der Waals surface area contributed by atoms with Gasteiger partial charge in [0.1, 0.15) is 5.15 Å². The van der Waals surface area contributed by atoms with Crippen LogP contribution in [0.25, 0.3) is 10.9 Å². The summed E-state index contributed by atoms with van der Waals surface area (Å²) in [4.78, 5) is 4.20. The summed E-state index contributed by atoms with van der Waals surface area (Å²) in [5.41, 5.74) is 1.52. The normalized spacial score (nSPS) is 13.1. The number of aromatic nitrogens is 1. The molecule has 0 spiro atoms. The highest BCUT2D eigenvalue weighted by atomic mass is 35.5. The summed E-state index contributed by atoms with van der Waals surface area (Å²) < 4.78 is 0. The van der Waals surface area contributed by atoms with Crippen LogP contribution in [0.4, 0.5) is 0 Å². The number of hydrogen-bond acceptors (Lipinski definition) is 2. The fourth-order valence-corrected chi connectivity index (χ4v) is 1.71. The average molecular weight is 208 g/mol. The standard InChI is InChI=1S/C11H10ClNO/c1-7(14)9-6-8-4-2-3-5-10(8)13-11(9)12/h2-7,14H,1H3. The molecule has 0 aliphatic carbocycles. The van der Waals surface area contributed by atoms with E-state index >= 15 is 0 Å². The molecule has 1 N–H and O–H groups in total. The van der Waals surface area contributed by atoms with Gasteiger partial charge in [-0.2, -0.15) is 0 Å². The van der Waals surface area contributed by atoms with Crippen LogP contribution in [0, 0.1) is 0 Å². The van der Waals surface area contributed by atoms with Crippen LogP contribution >= 0.6 is 11.6 Å². The number of pyridine rings is 1. The monoisotopic (exact) mass is 207 g/mol. The zero-order valence-electron chi connectivity index (χ0n) is 7.74. The van der Waals surface area contributed by atoms with Crippen molar-refractivity contribution in [2.75, 3.05) is 0 Å². The number of fused-ring (bicyclic) bond motifs is 1. The molecule has 0 bridgehead atoms. The van der Waals surface area contributed by atoms with Crippen LogP contribution in [0.5, 0.6) is 0 Å². The van der Waals surface area contributed by atoms with Crippen molar-refractivity contribution in [1.82, 2.24) is 4.98 Å². The van der Waals surface area contributed by atoms with E-state index in [1.807, 2.05) is 30.3 Å². The minimum absolute atomic E-state index is 0.374.